The van der Waals surface area contributed by atoms with Gasteiger partial charge in [0, 0.05) is 6.54 Å². The van der Waals surface area contributed by atoms with Gasteiger partial charge < -0.3 is 0 Å². The van der Waals surface area contributed by atoms with Crippen molar-refractivity contribution in [2.75, 3.05) is 6.54 Å². The molecule has 3 nitrogen and oxygen atoms in total. The van der Waals surface area contributed by atoms with Crippen LogP contribution in [0.1, 0.15) is 46.0 Å². The van der Waals surface area contributed by atoms with Crippen LogP contribution in [0.4, 0.5) is 0 Å². The highest BCUT2D eigenvalue weighted by atomic mass is 16.2. The number of fused-ring (bicyclic) bond motifs is 1. The molecule has 0 saturated heterocycles. The average molecular weight is 208 g/mol. The highest BCUT2D eigenvalue weighted by molar-refractivity contribution is 6.08. The Bertz CT molecular complexity index is 283. The fourth-order valence-electron chi connectivity index (χ4n) is 2.31. The minimum atomic E-state index is 0.144. The van der Waals surface area contributed by atoms with Gasteiger partial charge in [-0.2, -0.15) is 5.10 Å². The molecule has 1 aliphatic carbocycles. The largest absolute Gasteiger partial charge is 0.272 e. The van der Waals surface area contributed by atoms with Crippen molar-refractivity contribution in [3.63, 3.8) is 0 Å². The summed E-state index contributed by atoms with van der Waals surface area (Å²) in [5.74, 6) is 1.04. The van der Waals surface area contributed by atoms with E-state index < -0.39 is 0 Å². The van der Waals surface area contributed by atoms with E-state index in [1.54, 1.807) is 5.01 Å². The van der Waals surface area contributed by atoms with Crippen LogP contribution in [0.25, 0.3) is 0 Å². The van der Waals surface area contributed by atoms with Gasteiger partial charge in [-0.05, 0) is 31.6 Å². The van der Waals surface area contributed by atoms with E-state index in [1.165, 1.54) is 12.8 Å². The molecule has 1 heterocycles. The van der Waals surface area contributed by atoms with Gasteiger partial charge in [0.2, 0.25) is 0 Å². The zero-order valence-corrected chi connectivity index (χ0v) is 9.70. The van der Waals surface area contributed by atoms with Gasteiger partial charge in [-0.15, -0.1) is 0 Å². The van der Waals surface area contributed by atoms with Crippen LogP contribution in [0.3, 0.4) is 0 Å². The maximum Gasteiger partial charge on any atom is 0.251 e. The third kappa shape index (κ3) is 2.21. The lowest BCUT2D eigenvalue weighted by atomic mass is 9.87. The number of carbonyl (C=O) groups is 1. The smallest absolute Gasteiger partial charge is 0.251 e. The molecule has 0 radical (unpaired) electrons. The average Bonchev–Trinajstić information content (AvgIpc) is 2.54. The number of hydrazone groups is 1. The molecule has 0 aromatic rings. The second-order valence-electron chi connectivity index (χ2n) is 5.03. The van der Waals surface area contributed by atoms with Crippen molar-refractivity contribution < 1.29 is 4.79 Å². The Morgan fingerprint density at radius 1 is 1.47 bits per heavy atom. The minimum absolute atomic E-state index is 0.144. The lowest BCUT2D eigenvalue weighted by Crippen LogP contribution is -2.30. The summed E-state index contributed by atoms with van der Waals surface area (Å²) in [6.07, 6.45) is 5.51. The molecular weight excluding hydrogens is 188 g/mol. The third-order valence-electron chi connectivity index (χ3n) is 3.30. The van der Waals surface area contributed by atoms with Crippen LogP contribution in [-0.4, -0.2) is 23.2 Å². The summed E-state index contributed by atoms with van der Waals surface area (Å²) >= 11 is 0. The zero-order chi connectivity index (χ0) is 10.8. The molecular formula is C12H20N2O. The Balaban J connectivity index is 1.97. The van der Waals surface area contributed by atoms with E-state index in [9.17, 15) is 4.79 Å². The molecule has 0 spiro atoms. The fourth-order valence-corrected chi connectivity index (χ4v) is 2.31. The normalized spacial score (nSPS) is 25.8. The number of rotatable bonds is 3. The van der Waals surface area contributed by atoms with E-state index in [2.05, 4.69) is 18.9 Å². The van der Waals surface area contributed by atoms with Crippen LogP contribution in [0, 0.1) is 11.8 Å². The Kier molecular flexibility index (Phi) is 3.08. The van der Waals surface area contributed by atoms with Gasteiger partial charge in [-0.1, -0.05) is 20.3 Å². The first-order valence-corrected chi connectivity index (χ1v) is 6.07. The maximum atomic E-state index is 12.0. The molecule has 1 unspecified atom stereocenters. The van der Waals surface area contributed by atoms with Gasteiger partial charge in [-0.3, -0.25) is 4.79 Å². The Morgan fingerprint density at radius 3 is 2.93 bits per heavy atom. The SMILES string of the molecule is CC(C)CCN1N=C2CCCCC2C1=O. The van der Waals surface area contributed by atoms with Gasteiger partial charge in [-0.25, -0.2) is 5.01 Å². The topological polar surface area (TPSA) is 32.7 Å². The monoisotopic (exact) mass is 208 g/mol. The van der Waals surface area contributed by atoms with Crippen LogP contribution in [0.2, 0.25) is 0 Å². The number of hydrogen-bond donors (Lipinski definition) is 0. The third-order valence-corrected chi connectivity index (χ3v) is 3.30. The summed E-state index contributed by atoms with van der Waals surface area (Å²) in [7, 11) is 0. The number of hydrogen-bond acceptors (Lipinski definition) is 2. The molecule has 0 aromatic heterocycles. The molecule has 1 fully saturated rings. The van der Waals surface area contributed by atoms with Gasteiger partial charge in [0.15, 0.2) is 0 Å². The maximum absolute atomic E-state index is 12.0. The first-order valence-electron chi connectivity index (χ1n) is 6.07. The Hall–Kier alpha value is -0.860. The van der Waals surface area contributed by atoms with Crippen molar-refractivity contribution in [3.05, 3.63) is 0 Å². The predicted octanol–water partition coefficient (Wildman–Crippen LogP) is 2.42. The molecule has 0 bridgehead atoms. The lowest BCUT2D eigenvalue weighted by Gasteiger charge is -2.17. The molecule has 0 aromatic carbocycles. The Morgan fingerprint density at radius 2 is 2.27 bits per heavy atom. The second-order valence-corrected chi connectivity index (χ2v) is 5.03. The molecule has 15 heavy (non-hydrogen) atoms. The predicted molar refractivity (Wildman–Crippen MR) is 60.6 cm³/mol. The van der Waals surface area contributed by atoms with Crippen LogP contribution in [-0.2, 0) is 4.79 Å². The summed E-state index contributed by atoms with van der Waals surface area (Å²) in [6, 6.07) is 0. The quantitative estimate of drug-likeness (QED) is 0.701. The van der Waals surface area contributed by atoms with E-state index in [0.29, 0.717) is 5.92 Å². The first-order chi connectivity index (χ1) is 7.18. The van der Waals surface area contributed by atoms with Crippen LogP contribution >= 0.6 is 0 Å². The van der Waals surface area contributed by atoms with Crippen molar-refractivity contribution in [2.45, 2.75) is 46.0 Å². The molecule has 1 saturated carbocycles. The van der Waals surface area contributed by atoms with Crippen molar-refractivity contribution in [2.24, 2.45) is 16.9 Å². The van der Waals surface area contributed by atoms with Gasteiger partial charge in [0.1, 0.15) is 0 Å². The molecule has 3 heteroatoms. The summed E-state index contributed by atoms with van der Waals surface area (Å²) in [5, 5.41) is 6.18. The minimum Gasteiger partial charge on any atom is -0.272 e. The standard InChI is InChI=1S/C12H20N2O/c1-9(2)7-8-14-12(15)10-5-3-4-6-11(10)13-14/h9-10H,3-8H2,1-2H3. The van der Waals surface area contributed by atoms with Crippen LogP contribution in [0.5, 0.6) is 0 Å². The van der Waals surface area contributed by atoms with E-state index >= 15 is 0 Å². The van der Waals surface area contributed by atoms with Crippen molar-refractivity contribution in [1.82, 2.24) is 5.01 Å². The van der Waals surface area contributed by atoms with Crippen molar-refractivity contribution in [1.29, 1.82) is 0 Å². The summed E-state index contributed by atoms with van der Waals surface area (Å²) in [4.78, 5) is 12.0. The summed E-state index contributed by atoms with van der Waals surface area (Å²) < 4.78 is 0. The van der Waals surface area contributed by atoms with E-state index in [4.69, 9.17) is 0 Å². The fraction of sp³-hybridized carbons (Fsp3) is 0.833. The highest BCUT2D eigenvalue weighted by Gasteiger charge is 2.36. The molecule has 1 amide bonds. The van der Waals surface area contributed by atoms with E-state index in [1.807, 2.05) is 0 Å². The van der Waals surface area contributed by atoms with E-state index in [-0.39, 0.29) is 11.8 Å². The number of carbonyl (C=O) groups excluding carboxylic acids is 1. The second kappa shape index (κ2) is 4.33. The molecule has 1 aliphatic heterocycles. The Labute approximate surface area is 91.5 Å². The van der Waals surface area contributed by atoms with Gasteiger partial charge in [0.05, 0.1) is 11.6 Å². The van der Waals surface area contributed by atoms with E-state index in [0.717, 1.165) is 31.5 Å². The van der Waals surface area contributed by atoms with Crippen LogP contribution < -0.4 is 0 Å². The van der Waals surface area contributed by atoms with Crippen molar-refractivity contribution in [3.8, 4) is 0 Å². The zero-order valence-electron chi connectivity index (χ0n) is 9.70. The highest BCUT2D eigenvalue weighted by Crippen LogP contribution is 2.29. The molecule has 84 valence electrons. The summed E-state index contributed by atoms with van der Waals surface area (Å²) in [5.41, 5.74) is 1.15. The molecule has 2 aliphatic rings. The van der Waals surface area contributed by atoms with Gasteiger partial charge >= 0.3 is 0 Å². The summed E-state index contributed by atoms with van der Waals surface area (Å²) in [6.45, 7) is 5.16. The van der Waals surface area contributed by atoms with Crippen molar-refractivity contribution >= 4 is 11.6 Å². The first kappa shape index (κ1) is 10.7. The molecule has 1 atom stereocenters. The molecule has 0 N–H and O–H groups in total. The van der Waals surface area contributed by atoms with Crippen LogP contribution in [0.15, 0.2) is 5.10 Å². The number of amides is 1. The van der Waals surface area contributed by atoms with Gasteiger partial charge in [0.25, 0.3) is 5.91 Å². The number of nitrogens with zero attached hydrogens (tertiary/aromatic N) is 2. The molecule has 2 rings (SSSR count). The lowest BCUT2D eigenvalue weighted by molar-refractivity contribution is -0.132.